The summed E-state index contributed by atoms with van der Waals surface area (Å²) in [6, 6.07) is 1.27. The van der Waals surface area contributed by atoms with Gasteiger partial charge in [-0.05, 0) is 38.6 Å². The summed E-state index contributed by atoms with van der Waals surface area (Å²) in [5.74, 6) is 0. The van der Waals surface area contributed by atoms with E-state index in [2.05, 4.69) is 5.32 Å². The van der Waals surface area contributed by atoms with Crippen LogP contribution in [0.15, 0.2) is 17.2 Å². The molecule has 1 heterocycles. The molecular formula is C12H19N3O. The Morgan fingerprint density at radius 3 is 2.75 bits per heavy atom. The fraction of sp³-hybridized carbons (Fsp3) is 0.750. The van der Waals surface area contributed by atoms with E-state index in [0.29, 0.717) is 6.04 Å². The normalized spacial score (nSPS) is 20.2. The molecule has 2 saturated carbocycles. The van der Waals surface area contributed by atoms with Gasteiger partial charge in [-0.1, -0.05) is 0 Å². The predicted molar refractivity (Wildman–Crippen MR) is 62.6 cm³/mol. The molecule has 0 radical (unpaired) electrons. The van der Waals surface area contributed by atoms with Gasteiger partial charge < -0.3 is 5.32 Å². The molecule has 1 N–H and O–H groups in total. The van der Waals surface area contributed by atoms with Crippen molar-refractivity contribution in [1.82, 2.24) is 14.5 Å². The van der Waals surface area contributed by atoms with Gasteiger partial charge >= 0.3 is 5.69 Å². The highest BCUT2D eigenvalue weighted by Crippen LogP contribution is 2.33. The standard InChI is InChI=1S/C12H19N3O/c16-12-14(7-1-6-13-10-2-3-10)8-9-15(12)11-4-5-11/h8-11,13H,1-7H2. The van der Waals surface area contributed by atoms with Gasteiger partial charge in [0.15, 0.2) is 0 Å². The van der Waals surface area contributed by atoms with Crippen LogP contribution in [0.25, 0.3) is 0 Å². The summed E-state index contributed by atoms with van der Waals surface area (Å²) in [6.07, 6.45) is 9.92. The molecule has 0 unspecified atom stereocenters. The van der Waals surface area contributed by atoms with Crippen molar-refractivity contribution in [2.24, 2.45) is 0 Å². The van der Waals surface area contributed by atoms with Gasteiger partial charge in [0, 0.05) is 31.0 Å². The molecule has 4 nitrogen and oxygen atoms in total. The zero-order chi connectivity index (χ0) is 11.0. The Bertz CT molecular complexity index is 412. The number of hydrogen-bond acceptors (Lipinski definition) is 2. The molecule has 2 fully saturated rings. The maximum Gasteiger partial charge on any atom is 0.328 e. The largest absolute Gasteiger partial charge is 0.328 e. The number of aromatic nitrogens is 2. The van der Waals surface area contributed by atoms with Gasteiger partial charge in [-0.15, -0.1) is 0 Å². The third kappa shape index (κ3) is 2.21. The van der Waals surface area contributed by atoms with Crippen molar-refractivity contribution in [3.8, 4) is 0 Å². The van der Waals surface area contributed by atoms with Crippen molar-refractivity contribution in [3.05, 3.63) is 22.9 Å². The van der Waals surface area contributed by atoms with Gasteiger partial charge in [0.05, 0.1) is 0 Å². The summed E-state index contributed by atoms with van der Waals surface area (Å²) >= 11 is 0. The molecule has 0 bridgehead atoms. The van der Waals surface area contributed by atoms with E-state index >= 15 is 0 Å². The summed E-state index contributed by atoms with van der Waals surface area (Å²) in [6.45, 7) is 1.88. The van der Waals surface area contributed by atoms with E-state index in [1.807, 2.05) is 21.5 Å². The van der Waals surface area contributed by atoms with Crippen LogP contribution in [-0.2, 0) is 6.54 Å². The van der Waals surface area contributed by atoms with E-state index < -0.39 is 0 Å². The number of nitrogens with zero attached hydrogens (tertiary/aromatic N) is 2. The maximum absolute atomic E-state index is 11.9. The topological polar surface area (TPSA) is 39.0 Å². The highest BCUT2D eigenvalue weighted by atomic mass is 16.1. The Kier molecular flexibility index (Phi) is 2.59. The molecule has 0 aliphatic heterocycles. The molecule has 2 aliphatic rings. The molecule has 0 aromatic carbocycles. The van der Waals surface area contributed by atoms with Crippen molar-refractivity contribution in [1.29, 1.82) is 0 Å². The molecular weight excluding hydrogens is 202 g/mol. The lowest BCUT2D eigenvalue weighted by Gasteiger charge is -2.03. The van der Waals surface area contributed by atoms with E-state index in [4.69, 9.17) is 0 Å². The lowest BCUT2D eigenvalue weighted by Crippen LogP contribution is -2.25. The summed E-state index contributed by atoms with van der Waals surface area (Å²) < 4.78 is 3.72. The molecule has 88 valence electrons. The Morgan fingerprint density at radius 1 is 1.25 bits per heavy atom. The maximum atomic E-state index is 11.9. The van der Waals surface area contributed by atoms with Crippen molar-refractivity contribution >= 4 is 0 Å². The molecule has 0 spiro atoms. The van der Waals surface area contributed by atoms with Gasteiger partial charge in [-0.3, -0.25) is 9.13 Å². The number of aryl methyl sites for hydroxylation is 1. The number of hydrogen-bond donors (Lipinski definition) is 1. The zero-order valence-corrected chi connectivity index (χ0v) is 9.56. The van der Waals surface area contributed by atoms with Gasteiger partial charge in [0.25, 0.3) is 0 Å². The van der Waals surface area contributed by atoms with Gasteiger partial charge in [0.2, 0.25) is 0 Å². The average molecular weight is 221 g/mol. The first kappa shape index (κ1) is 10.1. The molecule has 0 saturated heterocycles. The lowest BCUT2D eigenvalue weighted by atomic mass is 10.4. The quantitative estimate of drug-likeness (QED) is 0.731. The average Bonchev–Trinajstić information content (AvgIpc) is 3.15. The van der Waals surface area contributed by atoms with Crippen molar-refractivity contribution in [2.75, 3.05) is 6.54 Å². The molecule has 2 aliphatic carbocycles. The van der Waals surface area contributed by atoms with Crippen LogP contribution in [0.4, 0.5) is 0 Å². The van der Waals surface area contributed by atoms with Crippen LogP contribution in [-0.4, -0.2) is 21.7 Å². The second kappa shape index (κ2) is 4.09. The van der Waals surface area contributed by atoms with E-state index in [1.165, 1.54) is 25.7 Å². The third-order valence-electron chi connectivity index (χ3n) is 3.40. The summed E-state index contributed by atoms with van der Waals surface area (Å²) in [4.78, 5) is 11.9. The first-order valence-corrected chi connectivity index (χ1v) is 6.35. The second-order valence-electron chi connectivity index (χ2n) is 4.99. The zero-order valence-electron chi connectivity index (χ0n) is 9.56. The van der Waals surface area contributed by atoms with Crippen LogP contribution >= 0.6 is 0 Å². The molecule has 1 aromatic heterocycles. The predicted octanol–water partition coefficient (Wildman–Crippen LogP) is 1.13. The fourth-order valence-corrected chi connectivity index (χ4v) is 2.07. The Labute approximate surface area is 95.3 Å². The minimum atomic E-state index is 0.175. The molecule has 16 heavy (non-hydrogen) atoms. The van der Waals surface area contributed by atoms with Crippen LogP contribution in [0.1, 0.15) is 38.1 Å². The fourth-order valence-electron chi connectivity index (χ4n) is 2.07. The van der Waals surface area contributed by atoms with Crippen molar-refractivity contribution in [3.63, 3.8) is 0 Å². The molecule has 3 rings (SSSR count). The molecule has 0 atom stereocenters. The number of rotatable bonds is 6. The molecule has 0 amide bonds. The Hall–Kier alpha value is -1.03. The van der Waals surface area contributed by atoms with E-state index in [0.717, 1.165) is 25.6 Å². The molecule has 4 heteroatoms. The highest BCUT2D eigenvalue weighted by molar-refractivity contribution is 4.91. The SMILES string of the molecule is O=c1n(CCCNC2CC2)ccn1C1CC1. The number of nitrogens with one attached hydrogen (secondary N) is 1. The van der Waals surface area contributed by atoms with Gasteiger partial charge in [-0.2, -0.15) is 0 Å². The minimum Gasteiger partial charge on any atom is -0.314 e. The van der Waals surface area contributed by atoms with Crippen LogP contribution in [0.3, 0.4) is 0 Å². The smallest absolute Gasteiger partial charge is 0.314 e. The van der Waals surface area contributed by atoms with Crippen molar-refractivity contribution in [2.45, 2.75) is 50.7 Å². The highest BCUT2D eigenvalue weighted by Gasteiger charge is 2.25. The van der Waals surface area contributed by atoms with Gasteiger partial charge in [-0.25, -0.2) is 4.79 Å². The lowest BCUT2D eigenvalue weighted by molar-refractivity contribution is 0.555. The Morgan fingerprint density at radius 2 is 2.06 bits per heavy atom. The van der Waals surface area contributed by atoms with Crippen LogP contribution in [0.2, 0.25) is 0 Å². The van der Waals surface area contributed by atoms with Gasteiger partial charge in [0.1, 0.15) is 0 Å². The second-order valence-corrected chi connectivity index (χ2v) is 4.99. The monoisotopic (exact) mass is 221 g/mol. The number of imidazole rings is 1. The third-order valence-corrected chi connectivity index (χ3v) is 3.40. The van der Waals surface area contributed by atoms with E-state index in [9.17, 15) is 4.79 Å². The summed E-state index contributed by atoms with van der Waals surface area (Å²) in [5.41, 5.74) is 0.175. The summed E-state index contributed by atoms with van der Waals surface area (Å²) in [7, 11) is 0. The van der Waals surface area contributed by atoms with Crippen LogP contribution in [0, 0.1) is 0 Å². The minimum absolute atomic E-state index is 0.175. The van der Waals surface area contributed by atoms with Crippen molar-refractivity contribution < 1.29 is 0 Å². The Balaban J connectivity index is 1.50. The van der Waals surface area contributed by atoms with Crippen LogP contribution in [0.5, 0.6) is 0 Å². The molecule has 1 aromatic rings. The first-order chi connectivity index (χ1) is 7.84. The van der Waals surface area contributed by atoms with Crippen LogP contribution < -0.4 is 11.0 Å². The van der Waals surface area contributed by atoms with E-state index in [1.54, 1.807) is 0 Å². The summed E-state index contributed by atoms with van der Waals surface area (Å²) in [5, 5.41) is 3.47. The first-order valence-electron chi connectivity index (χ1n) is 6.35. The van der Waals surface area contributed by atoms with E-state index in [-0.39, 0.29) is 5.69 Å².